The van der Waals surface area contributed by atoms with Crippen LogP contribution in [-0.2, 0) is 16.0 Å². The third-order valence-corrected chi connectivity index (χ3v) is 6.58. The molecule has 1 aromatic carbocycles. The van der Waals surface area contributed by atoms with Crippen LogP contribution in [-0.4, -0.2) is 60.8 Å². The summed E-state index contributed by atoms with van der Waals surface area (Å²) in [6.07, 6.45) is 8.91. The molecule has 1 aliphatic rings. The summed E-state index contributed by atoms with van der Waals surface area (Å²) in [6.45, 7) is 11.8. The van der Waals surface area contributed by atoms with E-state index in [9.17, 15) is 14.4 Å². The number of unbranched alkanes of at least 4 members (excludes halogenated alkanes) is 5. The van der Waals surface area contributed by atoms with E-state index >= 15 is 0 Å². The molecule has 1 heterocycles. The van der Waals surface area contributed by atoms with Crippen LogP contribution in [0.15, 0.2) is 24.3 Å². The molecule has 0 aliphatic carbocycles. The Bertz CT molecular complexity index is 842. The second kappa shape index (κ2) is 15.5. The fraction of sp³-hybridized carbons (Fsp3) is 0.690. The summed E-state index contributed by atoms with van der Waals surface area (Å²) in [4.78, 5) is 40.6. The predicted molar refractivity (Wildman–Crippen MR) is 149 cm³/mol. The van der Waals surface area contributed by atoms with Gasteiger partial charge in [-0.2, -0.15) is 0 Å². The summed E-state index contributed by atoms with van der Waals surface area (Å²) in [5.74, 6) is 0.000842. The second-order valence-electron chi connectivity index (χ2n) is 11.0. The molecule has 0 atom stereocenters. The zero-order valence-corrected chi connectivity index (χ0v) is 23.6. The number of piperidine rings is 1. The third-order valence-electron chi connectivity index (χ3n) is 6.58. The summed E-state index contributed by atoms with van der Waals surface area (Å²) in [6, 6.07) is 7.92. The van der Waals surface area contributed by atoms with Gasteiger partial charge in [0.15, 0.2) is 0 Å². The van der Waals surface area contributed by atoms with E-state index in [1.54, 1.807) is 6.92 Å². The number of carbonyl (C=O) groups is 3. The number of alkyl carbamates (subject to hydrolysis) is 1. The van der Waals surface area contributed by atoms with Crippen molar-refractivity contribution in [2.24, 2.45) is 0 Å². The van der Waals surface area contributed by atoms with Crippen molar-refractivity contribution in [3.05, 3.63) is 29.8 Å². The first-order chi connectivity index (χ1) is 17.6. The van der Waals surface area contributed by atoms with Gasteiger partial charge in [0.1, 0.15) is 0 Å². The molecule has 0 aromatic heterocycles. The van der Waals surface area contributed by atoms with Gasteiger partial charge < -0.3 is 25.2 Å². The maximum atomic E-state index is 12.5. The van der Waals surface area contributed by atoms with Gasteiger partial charge in [0.05, 0.1) is 6.61 Å². The Morgan fingerprint density at radius 2 is 1.62 bits per heavy atom. The number of ether oxygens (including phenoxy) is 1. The Kier molecular flexibility index (Phi) is 12.7. The fourth-order valence-electron chi connectivity index (χ4n) is 4.62. The lowest BCUT2D eigenvalue weighted by molar-refractivity contribution is -0.117. The first-order valence-electron chi connectivity index (χ1n) is 14.0. The largest absolute Gasteiger partial charge is 0.449 e. The molecule has 2 N–H and O–H groups in total. The lowest BCUT2D eigenvalue weighted by Gasteiger charge is -2.38. The summed E-state index contributed by atoms with van der Waals surface area (Å²) in [7, 11) is 0. The molecule has 8 heteroatoms. The van der Waals surface area contributed by atoms with Crippen LogP contribution >= 0.6 is 0 Å². The molecule has 0 radical (unpaired) electrons. The Labute approximate surface area is 223 Å². The van der Waals surface area contributed by atoms with Crippen LogP contribution in [0.4, 0.5) is 15.3 Å². The molecule has 8 nitrogen and oxygen atoms in total. The van der Waals surface area contributed by atoms with E-state index in [1.807, 2.05) is 54.8 Å². The highest BCUT2D eigenvalue weighted by atomic mass is 16.5. The monoisotopic (exact) mass is 516 g/mol. The Morgan fingerprint density at radius 1 is 1.00 bits per heavy atom. The number of anilines is 1. The molecule has 2 rings (SSSR count). The minimum absolute atomic E-state index is 0.000842. The van der Waals surface area contributed by atoms with E-state index in [4.69, 9.17) is 4.74 Å². The van der Waals surface area contributed by atoms with Crippen molar-refractivity contribution in [1.29, 1.82) is 0 Å². The number of carbonyl (C=O) groups excluding carboxylic acids is 3. The highest BCUT2D eigenvalue weighted by Gasteiger charge is 2.29. The van der Waals surface area contributed by atoms with Gasteiger partial charge in [0.25, 0.3) is 0 Å². The van der Waals surface area contributed by atoms with Crippen molar-refractivity contribution in [2.75, 3.05) is 31.1 Å². The van der Waals surface area contributed by atoms with Gasteiger partial charge in [-0.1, -0.05) is 51.2 Å². The van der Waals surface area contributed by atoms with Crippen LogP contribution in [0, 0.1) is 0 Å². The molecule has 1 aromatic rings. The first kappa shape index (κ1) is 30.5. The Balaban J connectivity index is 1.78. The molecule has 0 bridgehead atoms. The highest BCUT2D eigenvalue weighted by molar-refractivity contribution is 5.92. The van der Waals surface area contributed by atoms with E-state index in [-0.39, 0.29) is 30.1 Å². The standard InChI is InChI=1S/C29H48N4O4/c1-6-7-8-9-10-11-19-30-27(35)32-20-16-26(17-21-32)33(23(2)34)25-14-12-24(13-15-25)18-22-37-28(36)31-29(3,4)5/h12-15,26H,6-11,16-22H2,1-5H3,(H,30,35)(H,31,36). The maximum absolute atomic E-state index is 12.5. The number of urea groups is 1. The quantitative estimate of drug-likeness (QED) is 0.352. The fourth-order valence-corrected chi connectivity index (χ4v) is 4.62. The van der Waals surface area contributed by atoms with E-state index in [1.165, 1.54) is 25.7 Å². The molecule has 4 amide bonds. The minimum atomic E-state index is -0.422. The molecule has 1 saturated heterocycles. The van der Waals surface area contributed by atoms with Gasteiger partial charge in [0, 0.05) is 50.2 Å². The zero-order chi connectivity index (χ0) is 27.3. The van der Waals surface area contributed by atoms with Crippen molar-refractivity contribution in [3.8, 4) is 0 Å². The van der Waals surface area contributed by atoms with Gasteiger partial charge in [-0.25, -0.2) is 9.59 Å². The Hall–Kier alpha value is -2.77. The SMILES string of the molecule is CCCCCCCCNC(=O)N1CCC(N(C(C)=O)c2ccc(CCOC(=O)NC(C)(C)C)cc2)CC1. The van der Waals surface area contributed by atoms with Crippen molar-refractivity contribution >= 4 is 23.7 Å². The third kappa shape index (κ3) is 11.4. The highest BCUT2D eigenvalue weighted by Crippen LogP contribution is 2.25. The molecule has 37 heavy (non-hydrogen) atoms. The average Bonchev–Trinajstić information content (AvgIpc) is 2.83. The molecule has 1 aliphatic heterocycles. The topological polar surface area (TPSA) is 91.0 Å². The van der Waals surface area contributed by atoms with E-state index in [2.05, 4.69) is 17.6 Å². The lowest BCUT2D eigenvalue weighted by atomic mass is 10.0. The van der Waals surface area contributed by atoms with Crippen molar-refractivity contribution in [1.82, 2.24) is 15.5 Å². The van der Waals surface area contributed by atoms with E-state index < -0.39 is 6.09 Å². The van der Waals surface area contributed by atoms with E-state index in [0.29, 0.717) is 19.5 Å². The van der Waals surface area contributed by atoms with E-state index in [0.717, 1.165) is 43.5 Å². The number of nitrogens with zero attached hydrogens (tertiary/aromatic N) is 2. The van der Waals surface area contributed by atoms with Gasteiger partial charge in [0.2, 0.25) is 5.91 Å². The van der Waals surface area contributed by atoms with Crippen LogP contribution in [0.1, 0.15) is 91.5 Å². The van der Waals surface area contributed by atoms with Crippen LogP contribution in [0.5, 0.6) is 0 Å². The first-order valence-corrected chi connectivity index (χ1v) is 14.0. The number of hydrogen-bond donors (Lipinski definition) is 2. The molecule has 0 spiro atoms. The maximum Gasteiger partial charge on any atom is 0.407 e. The van der Waals surface area contributed by atoms with Crippen LogP contribution in [0.3, 0.4) is 0 Å². The smallest absolute Gasteiger partial charge is 0.407 e. The van der Waals surface area contributed by atoms with Crippen molar-refractivity contribution < 1.29 is 19.1 Å². The van der Waals surface area contributed by atoms with Gasteiger partial charge >= 0.3 is 12.1 Å². The number of rotatable bonds is 12. The summed E-state index contributed by atoms with van der Waals surface area (Å²) in [5, 5.41) is 5.83. The molecular formula is C29H48N4O4. The number of hydrogen-bond acceptors (Lipinski definition) is 4. The van der Waals surface area contributed by atoms with Crippen molar-refractivity contribution in [2.45, 2.75) is 104 Å². The number of amides is 4. The summed E-state index contributed by atoms with van der Waals surface area (Å²) >= 11 is 0. The molecule has 0 saturated carbocycles. The zero-order valence-electron chi connectivity index (χ0n) is 23.6. The summed E-state index contributed by atoms with van der Waals surface area (Å²) < 4.78 is 5.26. The Morgan fingerprint density at radius 3 is 2.22 bits per heavy atom. The molecule has 1 fully saturated rings. The number of likely N-dealkylation sites (tertiary alicyclic amines) is 1. The van der Waals surface area contributed by atoms with Gasteiger partial charge in [-0.15, -0.1) is 0 Å². The number of benzene rings is 1. The lowest BCUT2D eigenvalue weighted by Crippen LogP contribution is -2.50. The predicted octanol–water partition coefficient (Wildman–Crippen LogP) is 5.64. The normalized spacial score (nSPS) is 14.2. The van der Waals surface area contributed by atoms with Gasteiger partial charge in [-0.05, 0) is 57.7 Å². The van der Waals surface area contributed by atoms with Crippen molar-refractivity contribution in [3.63, 3.8) is 0 Å². The average molecular weight is 517 g/mol. The number of nitrogens with one attached hydrogen (secondary N) is 2. The molecular weight excluding hydrogens is 468 g/mol. The minimum Gasteiger partial charge on any atom is -0.449 e. The molecule has 0 unspecified atom stereocenters. The van der Waals surface area contributed by atoms with Crippen LogP contribution in [0.2, 0.25) is 0 Å². The summed E-state index contributed by atoms with van der Waals surface area (Å²) in [5.41, 5.74) is 1.56. The second-order valence-corrected chi connectivity index (χ2v) is 11.0. The van der Waals surface area contributed by atoms with Gasteiger partial charge in [-0.3, -0.25) is 4.79 Å². The van der Waals surface area contributed by atoms with Crippen LogP contribution in [0.25, 0.3) is 0 Å². The molecule has 208 valence electrons. The van der Waals surface area contributed by atoms with Crippen LogP contribution < -0.4 is 15.5 Å².